The van der Waals surface area contributed by atoms with Crippen LogP contribution in [0.4, 0.5) is 0 Å². The lowest BCUT2D eigenvalue weighted by Gasteiger charge is -2.11. The van der Waals surface area contributed by atoms with Crippen LogP contribution in [0.5, 0.6) is 5.75 Å². The van der Waals surface area contributed by atoms with Gasteiger partial charge in [0.05, 0.1) is 17.3 Å². The van der Waals surface area contributed by atoms with Crippen LogP contribution in [0.15, 0.2) is 23.4 Å². The van der Waals surface area contributed by atoms with Crippen molar-refractivity contribution in [3.8, 4) is 5.75 Å². The summed E-state index contributed by atoms with van der Waals surface area (Å²) in [6, 6.07) is 5.35. The van der Waals surface area contributed by atoms with E-state index in [1.807, 2.05) is 20.2 Å². The molecule has 0 atom stereocenters. The van der Waals surface area contributed by atoms with Crippen LogP contribution in [0, 0.1) is 0 Å². The Hall–Kier alpha value is -1.26. The molecule has 1 rings (SSSR count). The van der Waals surface area contributed by atoms with Crippen LogP contribution < -0.4 is 4.74 Å². The molecule has 1 aromatic rings. The smallest absolute Gasteiger partial charge is 0.137 e. The molecular weight excluding hydrogens is 252 g/mol. The molecule has 4 nitrogen and oxygen atoms in total. The Labute approximate surface area is 113 Å². The highest BCUT2D eigenvalue weighted by molar-refractivity contribution is 6.32. The average molecular weight is 271 g/mol. The monoisotopic (exact) mass is 270 g/mol. The highest BCUT2D eigenvalue weighted by atomic mass is 35.5. The topological polar surface area (TPSA) is 45.1 Å². The summed E-state index contributed by atoms with van der Waals surface area (Å²) in [7, 11) is 4.05. The van der Waals surface area contributed by atoms with Gasteiger partial charge >= 0.3 is 0 Å². The lowest BCUT2D eigenvalue weighted by Crippen LogP contribution is -2.15. The molecule has 0 unspecified atom stereocenters. The van der Waals surface area contributed by atoms with Gasteiger partial charge in [-0.2, -0.15) is 0 Å². The van der Waals surface area contributed by atoms with E-state index in [4.69, 9.17) is 21.5 Å². The molecule has 0 aromatic heterocycles. The van der Waals surface area contributed by atoms with Gasteiger partial charge < -0.3 is 14.8 Å². The molecule has 0 saturated carbocycles. The van der Waals surface area contributed by atoms with E-state index in [-0.39, 0.29) is 0 Å². The van der Waals surface area contributed by atoms with Gasteiger partial charge in [0.25, 0.3) is 0 Å². The number of nitrogens with zero attached hydrogens (tertiary/aromatic N) is 2. The van der Waals surface area contributed by atoms with Crippen LogP contribution in [0.3, 0.4) is 0 Å². The lowest BCUT2D eigenvalue weighted by molar-refractivity contribution is 0.281. The summed E-state index contributed by atoms with van der Waals surface area (Å²) < 4.78 is 5.59. The van der Waals surface area contributed by atoms with Crippen molar-refractivity contribution in [2.75, 3.05) is 27.2 Å². The molecule has 0 bridgehead atoms. The van der Waals surface area contributed by atoms with E-state index >= 15 is 0 Å². The van der Waals surface area contributed by atoms with Crippen LogP contribution in [0.25, 0.3) is 0 Å². The normalized spacial score (nSPS) is 11.9. The molecule has 5 heteroatoms. The van der Waals surface area contributed by atoms with Crippen LogP contribution in [0.2, 0.25) is 5.02 Å². The zero-order valence-electron chi connectivity index (χ0n) is 11.0. The van der Waals surface area contributed by atoms with E-state index in [1.165, 1.54) is 0 Å². The average Bonchev–Trinajstić information content (AvgIpc) is 2.34. The van der Waals surface area contributed by atoms with Gasteiger partial charge in [0.2, 0.25) is 0 Å². The van der Waals surface area contributed by atoms with Gasteiger partial charge in [0.1, 0.15) is 5.75 Å². The second kappa shape index (κ2) is 7.24. The summed E-state index contributed by atoms with van der Waals surface area (Å²) in [4.78, 5) is 2.11. The first-order valence-corrected chi connectivity index (χ1v) is 6.18. The van der Waals surface area contributed by atoms with Crippen LogP contribution in [0.1, 0.15) is 18.9 Å². The predicted molar refractivity (Wildman–Crippen MR) is 74.1 cm³/mol. The van der Waals surface area contributed by atoms with Gasteiger partial charge in [-0.3, -0.25) is 0 Å². The van der Waals surface area contributed by atoms with Gasteiger partial charge in [-0.1, -0.05) is 16.8 Å². The molecular formula is C13H19ClN2O2. The fourth-order valence-corrected chi connectivity index (χ4v) is 1.70. The summed E-state index contributed by atoms with van der Waals surface area (Å²) in [6.07, 6.45) is 0.947. The maximum atomic E-state index is 8.68. The minimum Gasteiger partial charge on any atom is -0.492 e. The number of ether oxygens (including phenoxy) is 1. The number of oxime groups is 1. The van der Waals surface area contributed by atoms with E-state index in [2.05, 4.69) is 10.1 Å². The molecule has 0 saturated heterocycles. The van der Waals surface area contributed by atoms with Crippen molar-refractivity contribution in [3.05, 3.63) is 28.8 Å². The van der Waals surface area contributed by atoms with Crippen molar-refractivity contribution in [2.45, 2.75) is 13.3 Å². The number of rotatable bonds is 6. The molecule has 0 radical (unpaired) electrons. The maximum Gasteiger partial charge on any atom is 0.137 e. The van der Waals surface area contributed by atoms with Crippen molar-refractivity contribution in [1.29, 1.82) is 0 Å². The van der Waals surface area contributed by atoms with Crippen molar-refractivity contribution in [2.24, 2.45) is 5.16 Å². The maximum absolute atomic E-state index is 8.68. The first-order chi connectivity index (χ1) is 8.54. The Kier molecular flexibility index (Phi) is 5.95. The lowest BCUT2D eigenvalue weighted by atomic mass is 10.1. The first-order valence-electron chi connectivity index (χ1n) is 5.80. The summed E-state index contributed by atoms with van der Waals surface area (Å²) in [5.74, 6) is 0.657. The largest absolute Gasteiger partial charge is 0.492 e. The molecule has 0 amide bonds. The molecule has 0 aliphatic rings. The van der Waals surface area contributed by atoms with Gasteiger partial charge in [-0.15, -0.1) is 0 Å². The zero-order chi connectivity index (χ0) is 13.5. The van der Waals surface area contributed by atoms with Crippen LogP contribution in [-0.2, 0) is 0 Å². The van der Waals surface area contributed by atoms with E-state index in [0.717, 1.165) is 18.5 Å². The third-order valence-corrected chi connectivity index (χ3v) is 2.80. The van der Waals surface area contributed by atoms with Crippen molar-refractivity contribution < 1.29 is 9.94 Å². The van der Waals surface area contributed by atoms with Crippen molar-refractivity contribution >= 4 is 17.3 Å². The number of hydrogen-bond donors (Lipinski definition) is 1. The van der Waals surface area contributed by atoms with Gasteiger partial charge in [-0.05, 0) is 45.6 Å². The van der Waals surface area contributed by atoms with Crippen LogP contribution in [-0.4, -0.2) is 43.1 Å². The second-order valence-electron chi connectivity index (χ2n) is 4.34. The minimum absolute atomic E-state index is 0.524. The summed E-state index contributed by atoms with van der Waals surface area (Å²) in [6.45, 7) is 3.32. The number of halogens is 1. The molecule has 0 spiro atoms. The van der Waals surface area contributed by atoms with E-state index in [9.17, 15) is 0 Å². The fourth-order valence-electron chi connectivity index (χ4n) is 1.46. The highest BCUT2D eigenvalue weighted by Gasteiger charge is 2.05. The Morgan fingerprint density at radius 3 is 2.72 bits per heavy atom. The molecule has 1 aromatic carbocycles. The van der Waals surface area contributed by atoms with E-state index in [0.29, 0.717) is 23.1 Å². The van der Waals surface area contributed by atoms with Gasteiger partial charge in [0, 0.05) is 12.1 Å². The standard InChI is InChI=1S/C13H19ClN2O2/c1-10(15-17)11-5-6-13(12(14)9-11)18-8-4-7-16(2)3/h5-6,9,17H,4,7-8H2,1-3H3/b15-10+. The number of hydrogen-bond acceptors (Lipinski definition) is 4. The third-order valence-electron chi connectivity index (χ3n) is 2.51. The molecule has 100 valence electrons. The summed E-state index contributed by atoms with van der Waals surface area (Å²) in [5, 5.41) is 12.3. The highest BCUT2D eigenvalue weighted by Crippen LogP contribution is 2.25. The number of benzene rings is 1. The summed E-state index contributed by atoms with van der Waals surface area (Å²) >= 11 is 6.10. The SMILES string of the molecule is C/C(=N\O)c1ccc(OCCCN(C)C)c(Cl)c1. The van der Waals surface area contributed by atoms with E-state index in [1.54, 1.807) is 19.1 Å². The quantitative estimate of drug-likeness (QED) is 0.374. The van der Waals surface area contributed by atoms with Gasteiger partial charge in [-0.25, -0.2) is 0 Å². The van der Waals surface area contributed by atoms with Crippen molar-refractivity contribution in [1.82, 2.24) is 4.90 Å². The Morgan fingerprint density at radius 1 is 1.44 bits per heavy atom. The fraction of sp³-hybridized carbons (Fsp3) is 0.462. The summed E-state index contributed by atoms with van der Waals surface area (Å²) in [5.41, 5.74) is 1.30. The Morgan fingerprint density at radius 2 is 2.17 bits per heavy atom. The minimum atomic E-state index is 0.524. The molecule has 0 aliphatic carbocycles. The zero-order valence-corrected chi connectivity index (χ0v) is 11.7. The Bertz CT molecular complexity index is 419. The molecule has 0 fully saturated rings. The first kappa shape index (κ1) is 14.8. The van der Waals surface area contributed by atoms with Crippen molar-refractivity contribution in [3.63, 3.8) is 0 Å². The molecule has 1 N–H and O–H groups in total. The third kappa shape index (κ3) is 4.55. The Balaban J connectivity index is 2.58. The van der Waals surface area contributed by atoms with E-state index < -0.39 is 0 Å². The molecule has 18 heavy (non-hydrogen) atoms. The predicted octanol–water partition coefficient (Wildman–Crippen LogP) is 2.87. The second-order valence-corrected chi connectivity index (χ2v) is 4.74. The molecule has 0 aliphatic heterocycles. The molecule has 0 heterocycles. The van der Waals surface area contributed by atoms with Gasteiger partial charge in [0.15, 0.2) is 0 Å². The van der Waals surface area contributed by atoms with Crippen LogP contribution >= 0.6 is 11.6 Å².